The highest BCUT2D eigenvalue weighted by Gasteiger charge is 2.29. The Bertz CT molecular complexity index is 880. The van der Waals surface area contributed by atoms with Crippen LogP contribution in [-0.4, -0.2) is 26.6 Å². The molecule has 0 fully saturated rings. The lowest BCUT2D eigenvalue weighted by Gasteiger charge is -2.28. The summed E-state index contributed by atoms with van der Waals surface area (Å²) in [6.07, 6.45) is 1.01. The van der Waals surface area contributed by atoms with Crippen LogP contribution < -0.4 is 9.62 Å². The van der Waals surface area contributed by atoms with Crippen molar-refractivity contribution in [1.29, 1.82) is 0 Å². The Morgan fingerprint density at radius 1 is 1.12 bits per heavy atom. The largest absolute Gasteiger partial charge is 0.324 e. The molecule has 0 heterocycles. The van der Waals surface area contributed by atoms with Crippen LogP contribution in [0.3, 0.4) is 0 Å². The molecule has 1 atom stereocenters. The fourth-order valence-electron chi connectivity index (χ4n) is 2.59. The second kappa shape index (κ2) is 7.23. The van der Waals surface area contributed by atoms with Crippen LogP contribution in [0, 0.1) is 19.7 Å². The standard InChI is InChI=1S/C18H21FN2O3S/c1-12-5-10-17(13(2)11-12)20-18(22)14(3)21(25(4,23)24)16-8-6-15(19)7-9-16/h5-11,14H,1-4H3,(H,20,22)/t14-/m0/s1. The first-order valence-corrected chi connectivity index (χ1v) is 9.57. The molecule has 2 aromatic rings. The molecule has 0 bridgehead atoms. The molecule has 0 aliphatic heterocycles. The Hall–Kier alpha value is -2.41. The number of hydrogen-bond acceptors (Lipinski definition) is 3. The highest BCUT2D eigenvalue weighted by Crippen LogP contribution is 2.23. The van der Waals surface area contributed by atoms with Gasteiger partial charge in [-0.1, -0.05) is 17.7 Å². The van der Waals surface area contributed by atoms with E-state index in [1.807, 2.05) is 26.0 Å². The van der Waals surface area contributed by atoms with E-state index in [-0.39, 0.29) is 5.69 Å². The molecule has 5 nitrogen and oxygen atoms in total. The summed E-state index contributed by atoms with van der Waals surface area (Å²) in [5.41, 5.74) is 2.79. The summed E-state index contributed by atoms with van der Waals surface area (Å²) in [5, 5.41) is 2.75. The van der Waals surface area contributed by atoms with Gasteiger partial charge >= 0.3 is 0 Å². The number of nitrogens with one attached hydrogen (secondary N) is 1. The number of carbonyl (C=O) groups excluding carboxylic acids is 1. The Labute approximate surface area is 147 Å². The van der Waals surface area contributed by atoms with E-state index < -0.39 is 27.8 Å². The summed E-state index contributed by atoms with van der Waals surface area (Å²) >= 11 is 0. The Balaban J connectivity index is 2.31. The van der Waals surface area contributed by atoms with Crippen LogP contribution in [0.15, 0.2) is 42.5 Å². The lowest BCUT2D eigenvalue weighted by molar-refractivity contribution is -0.116. The van der Waals surface area contributed by atoms with Crippen LogP contribution >= 0.6 is 0 Å². The van der Waals surface area contributed by atoms with Crippen molar-refractivity contribution in [2.24, 2.45) is 0 Å². The molecule has 0 saturated heterocycles. The summed E-state index contributed by atoms with van der Waals surface area (Å²) in [6, 6.07) is 9.54. The third-order valence-electron chi connectivity index (χ3n) is 3.81. The van der Waals surface area contributed by atoms with Crippen LogP contribution in [0.1, 0.15) is 18.1 Å². The van der Waals surface area contributed by atoms with Crippen molar-refractivity contribution in [3.63, 3.8) is 0 Å². The van der Waals surface area contributed by atoms with E-state index in [1.165, 1.54) is 19.1 Å². The number of rotatable bonds is 5. The van der Waals surface area contributed by atoms with E-state index in [1.54, 1.807) is 6.07 Å². The number of carbonyl (C=O) groups is 1. The molecule has 0 radical (unpaired) electrons. The smallest absolute Gasteiger partial charge is 0.248 e. The molecule has 0 aliphatic carbocycles. The molecular formula is C18H21FN2O3S. The van der Waals surface area contributed by atoms with Gasteiger partial charge in [0.1, 0.15) is 11.9 Å². The zero-order valence-corrected chi connectivity index (χ0v) is 15.4. The van der Waals surface area contributed by atoms with Crippen molar-refractivity contribution in [2.45, 2.75) is 26.8 Å². The monoisotopic (exact) mass is 364 g/mol. The average molecular weight is 364 g/mol. The molecule has 0 spiro atoms. The van der Waals surface area contributed by atoms with E-state index >= 15 is 0 Å². The first kappa shape index (κ1) is 18.9. The van der Waals surface area contributed by atoms with Gasteiger partial charge in [-0.05, 0) is 56.7 Å². The number of halogens is 1. The van der Waals surface area contributed by atoms with Crippen molar-refractivity contribution in [3.05, 3.63) is 59.4 Å². The quantitative estimate of drug-likeness (QED) is 0.886. The molecule has 1 amide bonds. The Morgan fingerprint density at radius 2 is 1.72 bits per heavy atom. The average Bonchev–Trinajstić information content (AvgIpc) is 2.50. The van der Waals surface area contributed by atoms with E-state index in [9.17, 15) is 17.6 Å². The minimum atomic E-state index is -3.73. The second-order valence-corrected chi connectivity index (χ2v) is 7.88. The van der Waals surface area contributed by atoms with Crippen LogP contribution in [-0.2, 0) is 14.8 Å². The van der Waals surface area contributed by atoms with E-state index in [4.69, 9.17) is 0 Å². The van der Waals surface area contributed by atoms with Crippen molar-refractivity contribution in [3.8, 4) is 0 Å². The van der Waals surface area contributed by atoms with Gasteiger partial charge in [-0.3, -0.25) is 9.10 Å². The second-order valence-electron chi connectivity index (χ2n) is 6.02. The van der Waals surface area contributed by atoms with Gasteiger partial charge < -0.3 is 5.32 Å². The predicted octanol–water partition coefficient (Wildman–Crippen LogP) is 3.24. The third kappa shape index (κ3) is 4.57. The first-order valence-electron chi connectivity index (χ1n) is 7.72. The number of benzene rings is 2. The molecule has 2 rings (SSSR count). The van der Waals surface area contributed by atoms with Gasteiger partial charge in [0.05, 0.1) is 11.9 Å². The molecule has 1 N–H and O–H groups in total. The summed E-state index contributed by atoms with van der Waals surface area (Å²) in [6.45, 7) is 5.30. The van der Waals surface area contributed by atoms with Crippen molar-refractivity contribution in [2.75, 3.05) is 15.9 Å². The molecule has 7 heteroatoms. The van der Waals surface area contributed by atoms with Crippen LogP contribution in [0.2, 0.25) is 0 Å². The van der Waals surface area contributed by atoms with Crippen molar-refractivity contribution < 1.29 is 17.6 Å². The SMILES string of the molecule is Cc1ccc(NC(=O)[C@H](C)N(c2ccc(F)cc2)S(C)(=O)=O)c(C)c1. The molecule has 0 unspecified atom stereocenters. The van der Waals surface area contributed by atoms with E-state index in [0.29, 0.717) is 5.69 Å². The fraction of sp³-hybridized carbons (Fsp3) is 0.278. The number of amides is 1. The highest BCUT2D eigenvalue weighted by atomic mass is 32.2. The molecule has 25 heavy (non-hydrogen) atoms. The lowest BCUT2D eigenvalue weighted by Crippen LogP contribution is -2.45. The lowest BCUT2D eigenvalue weighted by atomic mass is 10.1. The van der Waals surface area contributed by atoms with E-state index in [0.717, 1.165) is 33.8 Å². The summed E-state index contributed by atoms with van der Waals surface area (Å²) in [7, 11) is -3.73. The first-order chi connectivity index (χ1) is 11.6. The van der Waals surface area contributed by atoms with Gasteiger partial charge in [-0.2, -0.15) is 0 Å². The maximum atomic E-state index is 13.1. The molecule has 0 aliphatic rings. The number of sulfonamides is 1. The van der Waals surface area contributed by atoms with Gasteiger partial charge in [-0.15, -0.1) is 0 Å². The number of anilines is 2. The highest BCUT2D eigenvalue weighted by molar-refractivity contribution is 7.92. The van der Waals surface area contributed by atoms with Crippen LogP contribution in [0.5, 0.6) is 0 Å². The predicted molar refractivity (Wildman–Crippen MR) is 97.7 cm³/mol. The summed E-state index contributed by atoms with van der Waals surface area (Å²) < 4.78 is 38.5. The topological polar surface area (TPSA) is 66.5 Å². The van der Waals surface area contributed by atoms with Gasteiger partial charge in [-0.25, -0.2) is 12.8 Å². The van der Waals surface area contributed by atoms with E-state index in [2.05, 4.69) is 5.32 Å². The number of nitrogens with zero attached hydrogens (tertiary/aromatic N) is 1. The minimum absolute atomic E-state index is 0.229. The van der Waals surface area contributed by atoms with Gasteiger partial charge in [0, 0.05) is 5.69 Å². The van der Waals surface area contributed by atoms with Gasteiger partial charge in [0.2, 0.25) is 15.9 Å². The zero-order valence-electron chi connectivity index (χ0n) is 14.6. The van der Waals surface area contributed by atoms with Crippen molar-refractivity contribution in [1.82, 2.24) is 0 Å². The maximum Gasteiger partial charge on any atom is 0.248 e. The van der Waals surface area contributed by atoms with Crippen LogP contribution in [0.25, 0.3) is 0 Å². The molecule has 0 aromatic heterocycles. The zero-order chi connectivity index (χ0) is 18.8. The van der Waals surface area contributed by atoms with Crippen LogP contribution in [0.4, 0.5) is 15.8 Å². The number of aryl methyl sites for hydroxylation is 2. The van der Waals surface area contributed by atoms with Crippen molar-refractivity contribution >= 4 is 27.3 Å². The molecule has 2 aromatic carbocycles. The normalized spacial score (nSPS) is 12.5. The molecular weight excluding hydrogens is 343 g/mol. The Morgan fingerprint density at radius 3 is 2.24 bits per heavy atom. The van der Waals surface area contributed by atoms with Gasteiger partial charge in [0.15, 0.2) is 0 Å². The minimum Gasteiger partial charge on any atom is -0.324 e. The summed E-state index contributed by atoms with van der Waals surface area (Å²) in [5.74, 6) is -0.953. The summed E-state index contributed by atoms with van der Waals surface area (Å²) in [4.78, 5) is 12.6. The fourth-order valence-corrected chi connectivity index (χ4v) is 3.76. The van der Waals surface area contributed by atoms with Gasteiger partial charge in [0.25, 0.3) is 0 Å². The molecule has 134 valence electrons. The Kier molecular flexibility index (Phi) is 5.47. The third-order valence-corrected chi connectivity index (χ3v) is 5.05. The number of hydrogen-bond donors (Lipinski definition) is 1. The molecule has 0 saturated carbocycles. The maximum absolute atomic E-state index is 13.1.